The van der Waals surface area contributed by atoms with Gasteiger partial charge in [-0.3, -0.25) is 0 Å². The summed E-state index contributed by atoms with van der Waals surface area (Å²) in [5, 5.41) is 9.34. The number of aliphatic hydroxyl groups is 1. The minimum atomic E-state index is -0.0698. The molecule has 12 heavy (non-hydrogen) atoms. The van der Waals surface area contributed by atoms with E-state index in [4.69, 9.17) is 0 Å². The van der Waals surface area contributed by atoms with Crippen molar-refractivity contribution in [2.24, 2.45) is 11.8 Å². The Balaban J connectivity index is 3.36. The Labute approximate surface area is 77.2 Å². The van der Waals surface area contributed by atoms with Crippen LogP contribution in [0.2, 0.25) is 0 Å². The van der Waals surface area contributed by atoms with Crippen LogP contribution in [-0.4, -0.2) is 11.2 Å². The van der Waals surface area contributed by atoms with Crippen LogP contribution >= 0.6 is 0 Å². The predicted molar refractivity (Wildman–Crippen MR) is 54.2 cm³/mol. The molecule has 0 amide bonds. The second-order valence-corrected chi connectivity index (χ2v) is 4.37. The Morgan fingerprint density at radius 1 is 1.08 bits per heavy atom. The molecule has 0 rings (SSSR count). The minimum Gasteiger partial charge on any atom is -0.393 e. The van der Waals surface area contributed by atoms with Gasteiger partial charge in [0.15, 0.2) is 0 Å². The number of hydrogen-bond donors (Lipinski definition) is 1. The van der Waals surface area contributed by atoms with Crippen molar-refractivity contribution < 1.29 is 5.11 Å². The fourth-order valence-electron chi connectivity index (χ4n) is 1.60. The lowest BCUT2D eigenvalue weighted by Gasteiger charge is -2.15. The van der Waals surface area contributed by atoms with Gasteiger partial charge in [-0.2, -0.15) is 0 Å². The first-order valence-electron chi connectivity index (χ1n) is 5.24. The second-order valence-electron chi connectivity index (χ2n) is 4.37. The van der Waals surface area contributed by atoms with Crippen LogP contribution in [-0.2, 0) is 0 Å². The molecular formula is C11H24O. The van der Waals surface area contributed by atoms with Gasteiger partial charge in [0.1, 0.15) is 0 Å². The molecular weight excluding hydrogens is 148 g/mol. The van der Waals surface area contributed by atoms with Crippen molar-refractivity contribution in [3.63, 3.8) is 0 Å². The number of rotatable bonds is 6. The van der Waals surface area contributed by atoms with Gasteiger partial charge in [-0.05, 0) is 37.5 Å². The third kappa shape index (κ3) is 6.66. The van der Waals surface area contributed by atoms with E-state index in [2.05, 4.69) is 20.8 Å². The molecule has 1 N–H and O–H groups in total. The number of hydrogen-bond acceptors (Lipinski definition) is 1. The lowest BCUT2D eigenvalue weighted by Crippen LogP contribution is -2.08. The molecule has 0 bridgehead atoms. The zero-order valence-corrected chi connectivity index (χ0v) is 9.01. The van der Waals surface area contributed by atoms with Crippen LogP contribution in [0.3, 0.4) is 0 Å². The van der Waals surface area contributed by atoms with E-state index in [1.54, 1.807) is 0 Å². The van der Waals surface area contributed by atoms with Crippen LogP contribution < -0.4 is 0 Å². The normalized spacial score (nSPS) is 16.5. The van der Waals surface area contributed by atoms with Gasteiger partial charge in [0.05, 0.1) is 6.10 Å². The van der Waals surface area contributed by atoms with Crippen molar-refractivity contribution in [2.45, 2.75) is 59.5 Å². The van der Waals surface area contributed by atoms with Crippen LogP contribution in [0.1, 0.15) is 53.4 Å². The molecule has 0 heterocycles. The van der Waals surface area contributed by atoms with Crippen molar-refractivity contribution in [3.8, 4) is 0 Å². The van der Waals surface area contributed by atoms with Gasteiger partial charge >= 0.3 is 0 Å². The molecule has 1 nitrogen and oxygen atoms in total. The first-order valence-corrected chi connectivity index (χ1v) is 5.24. The fraction of sp³-hybridized carbons (Fsp3) is 1.00. The van der Waals surface area contributed by atoms with Crippen molar-refractivity contribution in [1.82, 2.24) is 0 Å². The first kappa shape index (κ1) is 12.0. The Bertz CT molecular complexity index is 99.2. The van der Waals surface area contributed by atoms with E-state index in [9.17, 15) is 5.11 Å². The molecule has 0 fully saturated rings. The van der Waals surface area contributed by atoms with Crippen LogP contribution in [0, 0.1) is 11.8 Å². The van der Waals surface area contributed by atoms with Gasteiger partial charge in [0.25, 0.3) is 0 Å². The van der Waals surface area contributed by atoms with Crippen LogP contribution in [0.4, 0.5) is 0 Å². The molecule has 0 radical (unpaired) electrons. The van der Waals surface area contributed by atoms with Crippen LogP contribution in [0.5, 0.6) is 0 Å². The summed E-state index contributed by atoms with van der Waals surface area (Å²) in [7, 11) is 0. The van der Waals surface area contributed by atoms with Crippen LogP contribution in [0.25, 0.3) is 0 Å². The van der Waals surface area contributed by atoms with Gasteiger partial charge in [0.2, 0.25) is 0 Å². The molecule has 0 saturated carbocycles. The molecule has 2 atom stereocenters. The lowest BCUT2D eigenvalue weighted by molar-refractivity contribution is 0.149. The molecule has 0 unspecified atom stereocenters. The van der Waals surface area contributed by atoms with E-state index in [0.29, 0.717) is 0 Å². The monoisotopic (exact) mass is 172 g/mol. The zero-order valence-electron chi connectivity index (χ0n) is 9.01. The highest BCUT2D eigenvalue weighted by Crippen LogP contribution is 2.17. The summed E-state index contributed by atoms with van der Waals surface area (Å²) in [6.45, 7) is 8.83. The van der Waals surface area contributed by atoms with Crippen molar-refractivity contribution in [3.05, 3.63) is 0 Å². The van der Waals surface area contributed by atoms with E-state index in [-0.39, 0.29) is 6.10 Å². The minimum absolute atomic E-state index is 0.0698. The quantitative estimate of drug-likeness (QED) is 0.652. The van der Waals surface area contributed by atoms with E-state index in [1.807, 2.05) is 6.92 Å². The molecule has 0 aliphatic carbocycles. The summed E-state index contributed by atoms with van der Waals surface area (Å²) in [5.74, 6) is 1.56. The highest BCUT2D eigenvalue weighted by molar-refractivity contribution is 4.60. The summed E-state index contributed by atoms with van der Waals surface area (Å²) in [5.41, 5.74) is 0. The summed E-state index contributed by atoms with van der Waals surface area (Å²) in [6.07, 6.45) is 4.27. The summed E-state index contributed by atoms with van der Waals surface area (Å²) < 4.78 is 0. The van der Waals surface area contributed by atoms with E-state index < -0.39 is 0 Å². The predicted octanol–water partition coefficient (Wildman–Crippen LogP) is 3.22. The Morgan fingerprint density at radius 3 is 2.08 bits per heavy atom. The number of aliphatic hydroxyl groups excluding tert-OH is 1. The molecule has 0 aliphatic rings. The molecule has 0 aromatic carbocycles. The molecule has 0 aromatic rings. The van der Waals surface area contributed by atoms with Crippen LogP contribution in [0.15, 0.2) is 0 Å². The van der Waals surface area contributed by atoms with Gasteiger partial charge < -0.3 is 5.11 Å². The average Bonchev–Trinajstić information content (AvgIpc) is 1.99. The molecule has 1 heteroatoms. The van der Waals surface area contributed by atoms with Crippen molar-refractivity contribution in [1.29, 1.82) is 0 Å². The van der Waals surface area contributed by atoms with Gasteiger partial charge in [-0.1, -0.05) is 27.7 Å². The smallest absolute Gasteiger partial charge is 0.0537 e. The Morgan fingerprint density at radius 2 is 1.67 bits per heavy atom. The maximum Gasteiger partial charge on any atom is 0.0537 e. The molecule has 0 aromatic heterocycles. The molecule has 0 aliphatic heterocycles. The second kappa shape index (κ2) is 6.47. The Hall–Kier alpha value is -0.0400. The highest BCUT2D eigenvalue weighted by Gasteiger charge is 2.07. The van der Waals surface area contributed by atoms with Crippen molar-refractivity contribution >= 4 is 0 Å². The summed E-state index contributed by atoms with van der Waals surface area (Å²) in [4.78, 5) is 0. The SMILES string of the molecule is CC[C@H](O)CC[C@@H](C)CC(C)C. The van der Waals surface area contributed by atoms with Gasteiger partial charge in [-0.25, -0.2) is 0 Å². The van der Waals surface area contributed by atoms with E-state index in [1.165, 1.54) is 12.8 Å². The van der Waals surface area contributed by atoms with Gasteiger partial charge in [-0.15, -0.1) is 0 Å². The average molecular weight is 172 g/mol. The fourth-order valence-corrected chi connectivity index (χ4v) is 1.60. The summed E-state index contributed by atoms with van der Waals surface area (Å²) >= 11 is 0. The molecule has 0 spiro atoms. The standard InChI is InChI=1S/C11H24O/c1-5-11(12)7-6-10(4)8-9(2)3/h9-12H,5-8H2,1-4H3/t10-,11+/m1/s1. The molecule has 74 valence electrons. The summed E-state index contributed by atoms with van der Waals surface area (Å²) in [6, 6.07) is 0. The lowest BCUT2D eigenvalue weighted by atomic mass is 9.93. The maximum atomic E-state index is 9.34. The Kier molecular flexibility index (Phi) is 6.45. The maximum absolute atomic E-state index is 9.34. The first-order chi connectivity index (χ1) is 5.56. The van der Waals surface area contributed by atoms with Gasteiger partial charge in [0, 0.05) is 0 Å². The topological polar surface area (TPSA) is 20.2 Å². The molecule has 0 saturated heterocycles. The van der Waals surface area contributed by atoms with E-state index >= 15 is 0 Å². The zero-order chi connectivity index (χ0) is 9.56. The third-order valence-corrected chi connectivity index (χ3v) is 2.34. The van der Waals surface area contributed by atoms with Crippen molar-refractivity contribution in [2.75, 3.05) is 0 Å². The van der Waals surface area contributed by atoms with E-state index in [0.717, 1.165) is 24.7 Å². The third-order valence-electron chi connectivity index (χ3n) is 2.34. The highest BCUT2D eigenvalue weighted by atomic mass is 16.3. The largest absolute Gasteiger partial charge is 0.393 e.